The normalized spacial score (nSPS) is 21.6. The lowest BCUT2D eigenvalue weighted by molar-refractivity contribution is 0.256. The summed E-state index contributed by atoms with van der Waals surface area (Å²) in [7, 11) is 0. The van der Waals surface area contributed by atoms with Gasteiger partial charge in [-0.05, 0) is 92.2 Å². The van der Waals surface area contributed by atoms with Gasteiger partial charge in [-0.25, -0.2) is 0 Å². The number of hydrogen-bond acceptors (Lipinski definition) is 3. The molecule has 2 atom stereocenters. The van der Waals surface area contributed by atoms with E-state index >= 15 is 0 Å². The molecule has 0 fully saturated rings. The van der Waals surface area contributed by atoms with Crippen molar-refractivity contribution in [3.63, 3.8) is 0 Å². The number of hydrogen-bond donors (Lipinski definition) is 3. The highest BCUT2D eigenvalue weighted by Crippen LogP contribution is 2.46. The monoisotopic (exact) mass is 392 g/mol. The summed E-state index contributed by atoms with van der Waals surface area (Å²) >= 11 is 0. The van der Waals surface area contributed by atoms with E-state index < -0.39 is 0 Å². The van der Waals surface area contributed by atoms with Gasteiger partial charge in [0.1, 0.15) is 17.2 Å². The predicted octanol–water partition coefficient (Wildman–Crippen LogP) is 6.07. The fourth-order valence-electron chi connectivity index (χ4n) is 4.87. The number of aromatic hydroxyl groups is 3. The minimum Gasteiger partial charge on any atom is -0.508 e. The number of rotatable bonds is 6. The van der Waals surface area contributed by atoms with Gasteiger partial charge in [-0.3, -0.25) is 0 Å². The Bertz CT molecular complexity index is 924. The summed E-state index contributed by atoms with van der Waals surface area (Å²) in [6, 6.07) is 10.4. The van der Waals surface area contributed by atoms with Crippen molar-refractivity contribution in [1.29, 1.82) is 0 Å². The maximum atomic E-state index is 10.7. The summed E-state index contributed by atoms with van der Waals surface area (Å²) in [5.74, 6) is 0.861. The molecule has 3 N–H and O–H groups in total. The first-order chi connectivity index (χ1) is 13.7. The molecule has 3 heteroatoms. The summed E-state index contributed by atoms with van der Waals surface area (Å²) in [6.07, 6.45) is 6.70. The van der Waals surface area contributed by atoms with E-state index in [0.29, 0.717) is 18.8 Å². The van der Waals surface area contributed by atoms with Gasteiger partial charge in [-0.1, -0.05) is 42.9 Å². The Labute approximate surface area is 174 Å². The lowest BCUT2D eigenvalue weighted by atomic mass is 9.64. The molecular weight excluding hydrogens is 360 g/mol. The Kier molecular flexibility index (Phi) is 6.07. The van der Waals surface area contributed by atoms with Crippen LogP contribution in [0.1, 0.15) is 50.3 Å². The molecular formula is C26H32O3. The van der Waals surface area contributed by atoms with E-state index in [1.807, 2.05) is 12.1 Å². The molecule has 0 aliphatic heterocycles. The molecule has 1 aliphatic rings. The van der Waals surface area contributed by atoms with E-state index in [-0.39, 0.29) is 22.7 Å². The fourth-order valence-corrected chi connectivity index (χ4v) is 4.87. The molecule has 2 aromatic rings. The molecule has 0 aromatic heterocycles. The summed E-state index contributed by atoms with van der Waals surface area (Å²) in [4.78, 5) is 0. The summed E-state index contributed by atoms with van der Waals surface area (Å²) < 4.78 is 0. The van der Waals surface area contributed by atoms with Crippen molar-refractivity contribution in [1.82, 2.24) is 0 Å². The van der Waals surface area contributed by atoms with Gasteiger partial charge in [0, 0.05) is 6.07 Å². The number of phenolic OH excluding ortho intramolecular Hbond substituents is 3. The molecule has 0 spiro atoms. The first-order valence-corrected chi connectivity index (χ1v) is 10.3. The van der Waals surface area contributed by atoms with Crippen LogP contribution in [-0.4, -0.2) is 15.3 Å². The van der Waals surface area contributed by atoms with E-state index in [0.717, 1.165) is 36.0 Å². The van der Waals surface area contributed by atoms with Gasteiger partial charge in [0.05, 0.1) is 0 Å². The minimum atomic E-state index is -0.115. The fraction of sp³-hybridized carbons (Fsp3) is 0.385. The molecule has 0 heterocycles. The lowest BCUT2D eigenvalue weighted by Crippen LogP contribution is -2.32. The van der Waals surface area contributed by atoms with Crippen LogP contribution < -0.4 is 0 Å². The standard InChI is InChI=1S/C26H32O3/c1-17(2)24-12-5-18(3)15-26(24,4)16-23-20(13-22(28)14-25(23)29)9-6-19-7-10-21(27)11-8-19/h7-8,10-11,13-15,24,27-29H,1,5-6,9,12,16H2,2-4H3/t24-,26-/m1/s1. The van der Waals surface area contributed by atoms with Crippen molar-refractivity contribution in [3.05, 3.63) is 76.9 Å². The number of benzene rings is 2. The van der Waals surface area contributed by atoms with E-state index in [2.05, 4.69) is 33.4 Å². The maximum absolute atomic E-state index is 10.7. The third kappa shape index (κ3) is 4.84. The molecule has 0 saturated heterocycles. The Morgan fingerprint density at radius 3 is 2.41 bits per heavy atom. The van der Waals surface area contributed by atoms with Gasteiger partial charge >= 0.3 is 0 Å². The zero-order valence-corrected chi connectivity index (χ0v) is 17.7. The van der Waals surface area contributed by atoms with Crippen LogP contribution in [-0.2, 0) is 19.3 Å². The van der Waals surface area contributed by atoms with E-state index in [9.17, 15) is 15.3 Å². The minimum absolute atomic E-state index is 0.0870. The zero-order chi connectivity index (χ0) is 21.2. The molecule has 0 amide bonds. The van der Waals surface area contributed by atoms with Gasteiger partial charge < -0.3 is 15.3 Å². The quantitative estimate of drug-likeness (QED) is 0.523. The third-order valence-electron chi connectivity index (χ3n) is 6.27. The molecule has 0 radical (unpaired) electrons. The highest BCUT2D eigenvalue weighted by Gasteiger charge is 2.36. The second kappa shape index (κ2) is 8.36. The van der Waals surface area contributed by atoms with Crippen molar-refractivity contribution in [2.24, 2.45) is 11.3 Å². The van der Waals surface area contributed by atoms with Crippen molar-refractivity contribution in [2.75, 3.05) is 0 Å². The van der Waals surface area contributed by atoms with E-state index in [4.69, 9.17) is 0 Å². The maximum Gasteiger partial charge on any atom is 0.122 e. The Balaban J connectivity index is 1.92. The van der Waals surface area contributed by atoms with Crippen LogP contribution in [0, 0.1) is 11.3 Å². The van der Waals surface area contributed by atoms with Crippen molar-refractivity contribution in [2.45, 2.75) is 52.9 Å². The third-order valence-corrected chi connectivity index (χ3v) is 6.27. The van der Waals surface area contributed by atoms with Crippen LogP contribution >= 0.6 is 0 Å². The average molecular weight is 393 g/mol. The molecule has 3 nitrogen and oxygen atoms in total. The highest BCUT2D eigenvalue weighted by molar-refractivity contribution is 5.47. The first kappa shape index (κ1) is 21.0. The SMILES string of the molecule is C=C(C)[C@H]1CCC(C)=C[C@]1(C)Cc1c(O)cc(O)cc1CCc1ccc(O)cc1. The number of allylic oxidation sites excluding steroid dienone is 3. The van der Waals surface area contributed by atoms with Crippen molar-refractivity contribution in [3.8, 4) is 17.2 Å². The number of phenols is 3. The molecule has 0 bridgehead atoms. The topological polar surface area (TPSA) is 60.7 Å². The first-order valence-electron chi connectivity index (χ1n) is 10.3. The van der Waals surface area contributed by atoms with E-state index in [1.165, 1.54) is 17.2 Å². The predicted molar refractivity (Wildman–Crippen MR) is 118 cm³/mol. The molecule has 0 unspecified atom stereocenters. The van der Waals surface area contributed by atoms with Crippen LogP contribution in [0.2, 0.25) is 0 Å². The van der Waals surface area contributed by atoms with Gasteiger partial charge in [-0.2, -0.15) is 0 Å². The van der Waals surface area contributed by atoms with Crippen molar-refractivity contribution >= 4 is 0 Å². The zero-order valence-electron chi connectivity index (χ0n) is 17.7. The van der Waals surface area contributed by atoms with Gasteiger partial charge in [0.15, 0.2) is 0 Å². The largest absolute Gasteiger partial charge is 0.508 e. The lowest BCUT2D eigenvalue weighted by Gasteiger charge is -2.40. The van der Waals surface area contributed by atoms with Gasteiger partial charge in [0.25, 0.3) is 0 Å². The second-order valence-electron chi connectivity index (χ2n) is 8.88. The van der Waals surface area contributed by atoms with E-state index in [1.54, 1.807) is 18.2 Å². The molecule has 0 saturated carbocycles. The highest BCUT2D eigenvalue weighted by atomic mass is 16.3. The van der Waals surface area contributed by atoms with Gasteiger partial charge in [-0.15, -0.1) is 0 Å². The molecule has 1 aliphatic carbocycles. The summed E-state index contributed by atoms with van der Waals surface area (Å²) in [5.41, 5.74) is 5.43. The van der Waals surface area contributed by atoms with Crippen LogP contribution in [0.15, 0.2) is 60.2 Å². The van der Waals surface area contributed by atoms with Crippen LogP contribution in [0.4, 0.5) is 0 Å². The second-order valence-corrected chi connectivity index (χ2v) is 8.88. The molecule has 154 valence electrons. The van der Waals surface area contributed by atoms with Crippen LogP contribution in [0.3, 0.4) is 0 Å². The Morgan fingerprint density at radius 1 is 1.07 bits per heavy atom. The number of aryl methyl sites for hydroxylation is 2. The summed E-state index contributed by atoms with van der Waals surface area (Å²) in [6.45, 7) is 10.8. The summed E-state index contributed by atoms with van der Waals surface area (Å²) in [5, 5.41) is 30.3. The molecule has 2 aromatic carbocycles. The van der Waals surface area contributed by atoms with Gasteiger partial charge in [0.2, 0.25) is 0 Å². The Hall–Kier alpha value is -2.68. The smallest absolute Gasteiger partial charge is 0.122 e. The van der Waals surface area contributed by atoms with Crippen LogP contribution in [0.25, 0.3) is 0 Å². The van der Waals surface area contributed by atoms with Crippen LogP contribution in [0.5, 0.6) is 17.2 Å². The molecule has 29 heavy (non-hydrogen) atoms. The Morgan fingerprint density at radius 2 is 1.76 bits per heavy atom. The average Bonchev–Trinajstić information content (AvgIpc) is 2.63. The molecule has 3 rings (SSSR count). The van der Waals surface area contributed by atoms with Crippen molar-refractivity contribution < 1.29 is 15.3 Å².